The average Bonchev–Trinajstić information content (AvgIpc) is 3.23. The largest absolute Gasteiger partial charge is 0.356 e. The minimum absolute atomic E-state index is 0.263. The highest BCUT2D eigenvalue weighted by Gasteiger charge is 2.29. The normalized spacial score (nSPS) is 21.8. The molecule has 2 aliphatic carbocycles. The van der Waals surface area contributed by atoms with Crippen molar-refractivity contribution in [1.82, 2.24) is 5.32 Å². The van der Waals surface area contributed by atoms with E-state index in [2.05, 4.69) is 36.1 Å². The molecule has 2 aliphatic rings. The van der Waals surface area contributed by atoms with Gasteiger partial charge in [-0.3, -0.25) is 4.79 Å². The van der Waals surface area contributed by atoms with Crippen LogP contribution in [0, 0.1) is 5.92 Å². The molecule has 1 aromatic carbocycles. The van der Waals surface area contributed by atoms with E-state index in [-0.39, 0.29) is 5.91 Å². The lowest BCUT2D eigenvalue weighted by Gasteiger charge is -2.26. The van der Waals surface area contributed by atoms with Gasteiger partial charge in [0.1, 0.15) is 0 Å². The van der Waals surface area contributed by atoms with Gasteiger partial charge in [0.2, 0.25) is 5.91 Å². The highest BCUT2D eigenvalue weighted by atomic mass is 32.1. The van der Waals surface area contributed by atoms with Gasteiger partial charge < -0.3 is 5.32 Å². The lowest BCUT2D eigenvalue weighted by molar-refractivity contribution is -0.122. The Balaban J connectivity index is 1.59. The van der Waals surface area contributed by atoms with Crippen molar-refractivity contribution in [3.8, 4) is 0 Å². The van der Waals surface area contributed by atoms with Crippen LogP contribution in [0.2, 0.25) is 0 Å². The summed E-state index contributed by atoms with van der Waals surface area (Å²) in [6.07, 6.45) is 6.92. The molecule has 0 aliphatic heterocycles. The van der Waals surface area contributed by atoms with E-state index in [1.54, 1.807) is 0 Å². The van der Waals surface area contributed by atoms with Gasteiger partial charge in [-0.15, -0.1) is 12.6 Å². The molecule has 0 spiro atoms. The number of carbonyl (C=O) groups is 1. The summed E-state index contributed by atoms with van der Waals surface area (Å²) in [6, 6.07) is 6.51. The first-order valence-corrected chi connectivity index (χ1v) is 7.78. The maximum Gasteiger partial charge on any atom is 0.223 e. The van der Waals surface area contributed by atoms with Gasteiger partial charge in [-0.25, -0.2) is 0 Å². The molecule has 0 radical (unpaired) electrons. The second-order valence-electron chi connectivity index (χ2n) is 5.83. The molecule has 102 valence electrons. The van der Waals surface area contributed by atoms with Crippen LogP contribution in [-0.2, 0) is 11.2 Å². The summed E-state index contributed by atoms with van der Waals surface area (Å²) in [7, 11) is 0. The number of hydrogen-bond acceptors (Lipinski definition) is 2. The summed E-state index contributed by atoms with van der Waals surface area (Å²) in [6.45, 7) is 0.816. The van der Waals surface area contributed by atoms with Crippen LogP contribution in [-0.4, -0.2) is 12.5 Å². The topological polar surface area (TPSA) is 29.1 Å². The zero-order chi connectivity index (χ0) is 13.2. The first kappa shape index (κ1) is 13.0. The Kier molecular flexibility index (Phi) is 3.83. The number of rotatable bonds is 4. The highest BCUT2D eigenvalue weighted by molar-refractivity contribution is 7.80. The number of nitrogens with one attached hydrogen (secondary N) is 1. The lowest BCUT2D eigenvalue weighted by atomic mass is 9.81. The van der Waals surface area contributed by atoms with Crippen molar-refractivity contribution < 1.29 is 4.79 Å². The second kappa shape index (κ2) is 5.58. The fourth-order valence-electron chi connectivity index (χ4n) is 3.04. The number of thiol groups is 1. The van der Waals surface area contributed by atoms with Gasteiger partial charge in [0, 0.05) is 17.4 Å². The second-order valence-corrected chi connectivity index (χ2v) is 6.34. The molecule has 1 aromatic rings. The van der Waals surface area contributed by atoms with Crippen LogP contribution >= 0.6 is 12.6 Å². The number of amides is 1. The molecule has 0 heterocycles. The van der Waals surface area contributed by atoms with Gasteiger partial charge in [0.15, 0.2) is 0 Å². The van der Waals surface area contributed by atoms with Crippen LogP contribution in [0.4, 0.5) is 0 Å². The molecule has 1 atom stereocenters. The van der Waals surface area contributed by atoms with Crippen LogP contribution in [0.3, 0.4) is 0 Å². The van der Waals surface area contributed by atoms with Gasteiger partial charge >= 0.3 is 0 Å². The zero-order valence-electron chi connectivity index (χ0n) is 11.2. The van der Waals surface area contributed by atoms with E-state index in [9.17, 15) is 4.79 Å². The monoisotopic (exact) mass is 275 g/mol. The van der Waals surface area contributed by atoms with E-state index < -0.39 is 0 Å². The van der Waals surface area contributed by atoms with Crippen molar-refractivity contribution in [3.63, 3.8) is 0 Å². The fourth-order valence-corrected chi connectivity index (χ4v) is 3.26. The first-order valence-electron chi connectivity index (χ1n) is 7.33. The average molecular weight is 275 g/mol. The maximum atomic E-state index is 11.6. The molecule has 0 aromatic heterocycles. The molecule has 19 heavy (non-hydrogen) atoms. The Morgan fingerprint density at radius 3 is 2.95 bits per heavy atom. The van der Waals surface area contributed by atoms with Crippen LogP contribution in [0.5, 0.6) is 0 Å². The van der Waals surface area contributed by atoms with E-state index in [1.165, 1.54) is 30.4 Å². The van der Waals surface area contributed by atoms with Crippen molar-refractivity contribution in [1.29, 1.82) is 0 Å². The predicted molar refractivity (Wildman–Crippen MR) is 79.7 cm³/mol. The molecule has 0 bridgehead atoms. The Labute approximate surface area is 120 Å². The number of benzene rings is 1. The van der Waals surface area contributed by atoms with Crippen LogP contribution in [0.1, 0.15) is 49.1 Å². The molecule has 0 saturated heterocycles. The predicted octanol–water partition coefficient (Wildman–Crippen LogP) is 3.31. The molecule has 3 heteroatoms. The van der Waals surface area contributed by atoms with Gasteiger partial charge in [0.05, 0.1) is 0 Å². The van der Waals surface area contributed by atoms with Gasteiger partial charge in [-0.1, -0.05) is 6.07 Å². The van der Waals surface area contributed by atoms with E-state index in [0.717, 1.165) is 30.7 Å². The van der Waals surface area contributed by atoms with Crippen molar-refractivity contribution in [2.24, 2.45) is 5.92 Å². The Hall–Kier alpha value is -0.960. The minimum atomic E-state index is 0.263. The Morgan fingerprint density at radius 1 is 1.32 bits per heavy atom. The van der Waals surface area contributed by atoms with E-state index >= 15 is 0 Å². The Bertz CT molecular complexity index is 482. The van der Waals surface area contributed by atoms with Crippen LogP contribution in [0.25, 0.3) is 0 Å². The lowest BCUT2D eigenvalue weighted by Crippen LogP contribution is -2.27. The van der Waals surface area contributed by atoms with Crippen molar-refractivity contribution in [3.05, 3.63) is 29.3 Å². The van der Waals surface area contributed by atoms with Gasteiger partial charge in [0.25, 0.3) is 0 Å². The third-order valence-electron chi connectivity index (χ3n) is 4.31. The minimum Gasteiger partial charge on any atom is -0.356 e. The maximum absolute atomic E-state index is 11.6. The van der Waals surface area contributed by atoms with Gasteiger partial charge in [-0.05, 0) is 67.7 Å². The molecular weight excluding hydrogens is 254 g/mol. The summed E-state index contributed by atoms with van der Waals surface area (Å²) in [5.41, 5.74) is 2.93. The van der Waals surface area contributed by atoms with E-state index in [4.69, 9.17) is 0 Å². The van der Waals surface area contributed by atoms with Gasteiger partial charge in [-0.2, -0.15) is 0 Å². The smallest absolute Gasteiger partial charge is 0.223 e. The number of aryl methyl sites for hydroxylation is 1. The summed E-state index contributed by atoms with van der Waals surface area (Å²) >= 11 is 4.45. The summed E-state index contributed by atoms with van der Waals surface area (Å²) in [4.78, 5) is 12.7. The van der Waals surface area contributed by atoms with E-state index in [0.29, 0.717) is 11.8 Å². The van der Waals surface area contributed by atoms with Crippen LogP contribution < -0.4 is 5.32 Å². The SMILES string of the molecule is O=C(NCCC1CCCc2ccc(S)cc21)C1CC1. The molecule has 1 amide bonds. The standard InChI is InChI=1S/C16H21NOS/c18-16(13-4-5-13)17-9-8-12-3-1-2-11-6-7-14(19)10-15(11)12/h6-7,10,12-13,19H,1-5,8-9H2,(H,17,18). The van der Waals surface area contributed by atoms with Crippen LogP contribution in [0.15, 0.2) is 23.1 Å². The fraction of sp³-hybridized carbons (Fsp3) is 0.562. The summed E-state index contributed by atoms with van der Waals surface area (Å²) in [5, 5.41) is 3.08. The van der Waals surface area contributed by atoms with Crippen molar-refractivity contribution in [2.75, 3.05) is 6.54 Å². The number of fused-ring (bicyclic) bond motifs is 1. The summed E-state index contributed by atoms with van der Waals surface area (Å²) in [5.74, 6) is 1.18. The molecular formula is C16H21NOS. The molecule has 2 nitrogen and oxygen atoms in total. The first-order chi connectivity index (χ1) is 9.24. The van der Waals surface area contributed by atoms with Crippen molar-refractivity contribution >= 4 is 18.5 Å². The van der Waals surface area contributed by atoms with Crippen molar-refractivity contribution in [2.45, 2.75) is 49.3 Å². The quantitative estimate of drug-likeness (QED) is 0.811. The molecule has 1 unspecified atom stereocenters. The van der Waals surface area contributed by atoms with E-state index in [1.807, 2.05) is 0 Å². The molecule has 1 fully saturated rings. The Morgan fingerprint density at radius 2 is 2.16 bits per heavy atom. The zero-order valence-corrected chi connectivity index (χ0v) is 12.1. The summed E-state index contributed by atoms with van der Waals surface area (Å²) < 4.78 is 0. The third-order valence-corrected chi connectivity index (χ3v) is 4.59. The number of carbonyl (C=O) groups excluding carboxylic acids is 1. The highest BCUT2D eigenvalue weighted by Crippen LogP contribution is 2.35. The molecule has 1 N–H and O–H groups in total. The molecule has 3 rings (SSSR count). The molecule has 1 saturated carbocycles. The number of hydrogen-bond donors (Lipinski definition) is 2. The third kappa shape index (κ3) is 3.14.